The van der Waals surface area contributed by atoms with E-state index in [0.717, 1.165) is 22.6 Å². The van der Waals surface area contributed by atoms with Crippen molar-refractivity contribution in [1.82, 2.24) is 0 Å². The number of ether oxygens (including phenoxy) is 2. The van der Waals surface area contributed by atoms with E-state index in [-0.39, 0.29) is 0 Å². The van der Waals surface area contributed by atoms with E-state index >= 15 is 0 Å². The van der Waals surface area contributed by atoms with E-state index in [9.17, 15) is 0 Å². The monoisotopic (exact) mass is 304 g/mol. The minimum atomic E-state index is -0.873. The molecular formula is C19H12O2S. The van der Waals surface area contributed by atoms with E-state index in [1.807, 2.05) is 36.4 Å². The molecule has 3 aromatic carbocycles. The third-order valence-electron chi connectivity index (χ3n) is 4.06. The van der Waals surface area contributed by atoms with Gasteiger partial charge in [0.1, 0.15) is 0 Å². The first-order valence-electron chi connectivity index (χ1n) is 7.21. The second-order valence-electron chi connectivity index (χ2n) is 5.36. The summed E-state index contributed by atoms with van der Waals surface area (Å²) >= 11 is 1.76. The van der Waals surface area contributed by atoms with E-state index in [4.69, 9.17) is 9.47 Å². The molecule has 0 radical (unpaired) electrons. The van der Waals surface area contributed by atoms with Crippen molar-refractivity contribution >= 4 is 11.8 Å². The molecule has 0 unspecified atom stereocenters. The Kier molecular flexibility index (Phi) is 2.38. The van der Waals surface area contributed by atoms with Gasteiger partial charge in [-0.2, -0.15) is 0 Å². The lowest BCUT2D eigenvalue weighted by Gasteiger charge is -2.34. The fourth-order valence-electron chi connectivity index (χ4n) is 3.09. The Morgan fingerprint density at radius 2 is 1.05 bits per heavy atom. The van der Waals surface area contributed by atoms with Crippen molar-refractivity contribution in [2.24, 2.45) is 0 Å². The molecule has 3 heteroatoms. The lowest BCUT2D eigenvalue weighted by Crippen LogP contribution is -2.39. The van der Waals surface area contributed by atoms with Crippen LogP contribution in [0.4, 0.5) is 0 Å². The zero-order valence-electron chi connectivity index (χ0n) is 11.7. The largest absolute Gasteiger partial charge is 0.440 e. The standard InChI is InChI=1S/C19H12O2S/c1-5-11-17-13(7-1)19(14-8-2-6-12-18(14)22-17)20-15-9-3-4-10-16(15)21-19/h1-12H. The molecule has 1 spiro atoms. The van der Waals surface area contributed by atoms with Crippen LogP contribution < -0.4 is 9.47 Å². The summed E-state index contributed by atoms with van der Waals surface area (Å²) in [5.41, 5.74) is 2.13. The van der Waals surface area contributed by atoms with E-state index in [1.165, 1.54) is 9.79 Å². The van der Waals surface area contributed by atoms with Crippen molar-refractivity contribution in [2.45, 2.75) is 15.6 Å². The highest BCUT2D eigenvalue weighted by molar-refractivity contribution is 7.99. The first kappa shape index (κ1) is 12.2. The quantitative estimate of drug-likeness (QED) is 0.593. The molecule has 0 aliphatic carbocycles. The Labute approximate surface area is 132 Å². The fourth-order valence-corrected chi connectivity index (χ4v) is 4.24. The SMILES string of the molecule is c1ccc2c(c1)OC1(O2)c2ccccc2Sc2ccccc21. The fraction of sp³-hybridized carbons (Fsp3) is 0.0526. The molecule has 0 N–H and O–H groups in total. The highest BCUT2D eigenvalue weighted by Gasteiger charge is 2.50. The van der Waals surface area contributed by atoms with Gasteiger partial charge in [-0.3, -0.25) is 0 Å². The number of rotatable bonds is 0. The van der Waals surface area contributed by atoms with Gasteiger partial charge in [-0.15, -0.1) is 0 Å². The van der Waals surface area contributed by atoms with E-state index in [1.54, 1.807) is 11.8 Å². The molecule has 2 aliphatic heterocycles. The molecule has 0 fully saturated rings. The summed E-state index contributed by atoms with van der Waals surface area (Å²) in [5, 5.41) is 0. The molecule has 0 amide bonds. The van der Waals surface area contributed by atoms with Crippen molar-refractivity contribution in [3.63, 3.8) is 0 Å². The van der Waals surface area contributed by atoms with Crippen LogP contribution in [0.15, 0.2) is 82.6 Å². The zero-order valence-corrected chi connectivity index (χ0v) is 12.5. The zero-order chi connectivity index (χ0) is 14.6. The predicted molar refractivity (Wildman–Crippen MR) is 85.5 cm³/mol. The molecule has 106 valence electrons. The molecule has 2 nitrogen and oxygen atoms in total. The molecule has 0 saturated heterocycles. The number of para-hydroxylation sites is 2. The van der Waals surface area contributed by atoms with Crippen LogP contribution in [-0.2, 0) is 5.79 Å². The molecule has 0 aromatic heterocycles. The van der Waals surface area contributed by atoms with Crippen molar-refractivity contribution in [1.29, 1.82) is 0 Å². The lowest BCUT2D eigenvalue weighted by atomic mass is 9.96. The van der Waals surface area contributed by atoms with E-state index in [2.05, 4.69) is 36.4 Å². The second-order valence-corrected chi connectivity index (χ2v) is 6.45. The Balaban J connectivity index is 1.80. The summed E-state index contributed by atoms with van der Waals surface area (Å²) in [5.74, 6) is 0.709. The van der Waals surface area contributed by atoms with Gasteiger partial charge in [0.05, 0.1) is 11.1 Å². The van der Waals surface area contributed by atoms with Gasteiger partial charge < -0.3 is 9.47 Å². The minimum absolute atomic E-state index is 0.791. The van der Waals surface area contributed by atoms with Crippen LogP contribution in [0.5, 0.6) is 11.5 Å². The molecule has 2 heterocycles. The first-order chi connectivity index (χ1) is 10.9. The van der Waals surface area contributed by atoms with Crippen molar-refractivity contribution in [3.8, 4) is 11.5 Å². The molecule has 5 rings (SSSR count). The van der Waals surface area contributed by atoms with Crippen LogP contribution in [0.3, 0.4) is 0 Å². The van der Waals surface area contributed by atoms with Gasteiger partial charge in [0, 0.05) is 9.79 Å². The predicted octanol–water partition coefficient (Wildman–Crippen LogP) is 4.82. The molecule has 3 aromatic rings. The van der Waals surface area contributed by atoms with Crippen molar-refractivity contribution in [2.75, 3.05) is 0 Å². The molecule has 0 bridgehead atoms. The maximum atomic E-state index is 6.35. The van der Waals surface area contributed by atoms with Crippen LogP contribution in [-0.4, -0.2) is 0 Å². The normalized spacial score (nSPS) is 16.2. The Hall–Kier alpha value is -2.39. The second kappa shape index (κ2) is 4.31. The van der Waals surface area contributed by atoms with Crippen LogP contribution in [0.2, 0.25) is 0 Å². The van der Waals surface area contributed by atoms with Gasteiger partial charge in [-0.1, -0.05) is 48.2 Å². The highest BCUT2D eigenvalue weighted by atomic mass is 32.2. The summed E-state index contributed by atoms with van der Waals surface area (Å²) in [6.07, 6.45) is 0. The van der Waals surface area contributed by atoms with Crippen LogP contribution in [0, 0.1) is 0 Å². The molecule has 0 saturated carbocycles. The maximum Gasteiger partial charge on any atom is 0.307 e. The van der Waals surface area contributed by atoms with Crippen LogP contribution >= 0.6 is 11.8 Å². The topological polar surface area (TPSA) is 18.5 Å². The smallest absolute Gasteiger partial charge is 0.307 e. The van der Waals surface area contributed by atoms with E-state index in [0.29, 0.717) is 0 Å². The average molecular weight is 304 g/mol. The summed E-state index contributed by atoms with van der Waals surface area (Å²) in [6, 6.07) is 24.4. The van der Waals surface area contributed by atoms with Crippen LogP contribution in [0.1, 0.15) is 11.1 Å². The van der Waals surface area contributed by atoms with Gasteiger partial charge in [0.2, 0.25) is 0 Å². The number of benzene rings is 3. The minimum Gasteiger partial charge on any atom is -0.440 e. The number of hydrogen-bond acceptors (Lipinski definition) is 3. The van der Waals surface area contributed by atoms with Gasteiger partial charge in [-0.25, -0.2) is 0 Å². The summed E-state index contributed by atoms with van der Waals surface area (Å²) < 4.78 is 12.7. The van der Waals surface area contributed by atoms with Crippen molar-refractivity contribution in [3.05, 3.63) is 83.9 Å². The third-order valence-corrected chi connectivity index (χ3v) is 5.21. The summed E-state index contributed by atoms with van der Waals surface area (Å²) in [7, 11) is 0. The maximum absolute atomic E-state index is 6.35. The van der Waals surface area contributed by atoms with Crippen LogP contribution in [0.25, 0.3) is 0 Å². The number of hydrogen-bond donors (Lipinski definition) is 0. The van der Waals surface area contributed by atoms with Crippen molar-refractivity contribution < 1.29 is 9.47 Å². The average Bonchev–Trinajstić information content (AvgIpc) is 2.95. The molecular weight excluding hydrogens is 292 g/mol. The van der Waals surface area contributed by atoms with Gasteiger partial charge >= 0.3 is 5.79 Å². The third kappa shape index (κ3) is 1.52. The summed E-state index contributed by atoms with van der Waals surface area (Å²) in [6.45, 7) is 0. The van der Waals surface area contributed by atoms with Gasteiger partial charge in [0.25, 0.3) is 0 Å². The van der Waals surface area contributed by atoms with Gasteiger partial charge in [-0.05, 0) is 36.4 Å². The number of fused-ring (bicyclic) bond motifs is 5. The highest BCUT2D eigenvalue weighted by Crippen LogP contribution is 2.55. The van der Waals surface area contributed by atoms with E-state index < -0.39 is 5.79 Å². The molecule has 0 atom stereocenters. The molecule has 2 aliphatic rings. The molecule has 22 heavy (non-hydrogen) atoms. The van der Waals surface area contributed by atoms with Gasteiger partial charge in [0.15, 0.2) is 11.5 Å². The Bertz CT molecular complexity index is 815. The summed E-state index contributed by atoms with van der Waals surface area (Å²) in [4.78, 5) is 2.35. The Morgan fingerprint density at radius 1 is 0.591 bits per heavy atom. The lowest BCUT2D eigenvalue weighted by molar-refractivity contribution is -0.0514. The first-order valence-corrected chi connectivity index (χ1v) is 8.02. The Morgan fingerprint density at radius 3 is 1.59 bits per heavy atom.